The first-order chi connectivity index (χ1) is 15.4. The number of rotatable bonds is 18. The molecule has 0 aliphatic carbocycles. The number of hydrogen-bond donors (Lipinski definition) is 6. The molecule has 3 unspecified atom stereocenters. The third kappa shape index (κ3) is 11.5. The maximum Gasteiger partial charge on any atom is 0.186 e. The number of unbranched alkanes of at least 4 members (excludes halogenated alkanes) is 11. The van der Waals surface area contributed by atoms with Crippen molar-refractivity contribution in [3.05, 3.63) is 12.2 Å². The number of aliphatic hydroxyl groups excluding tert-OH is 5. The van der Waals surface area contributed by atoms with Gasteiger partial charge in [-0.05, 0) is 12.8 Å². The summed E-state index contributed by atoms with van der Waals surface area (Å²) in [6.07, 6.45) is 11.1. The summed E-state index contributed by atoms with van der Waals surface area (Å²) in [6.45, 7) is 1.60. The first kappa shape index (κ1) is 29.5. The first-order valence-corrected chi connectivity index (χ1v) is 12.4. The second-order valence-corrected chi connectivity index (χ2v) is 8.94. The Morgan fingerprint density at radius 2 is 1.44 bits per heavy atom. The molecule has 1 saturated heterocycles. The average molecular weight is 462 g/mol. The van der Waals surface area contributed by atoms with Crippen LogP contribution < -0.4 is 5.73 Å². The van der Waals surface area contributed by atoms with Crippen LogP contribution in [0.4, 0.5) is 0 Å². The van der Waals surface area contributed by atoms with Gasteiger partial charge in [0.05, 0.1) is 25.4 Å². The van der Waals surface area contributed by atoms with Crippen molar-refractivity contribution in [1.29, 1.82) is 0 Å². The van der Waals surface area contributed by atoms with E-state index in [0.717, 1.165) is 12.8 Å². The number of aliphatic hydroxyl groups is 5. The van der Waals surface area contributed by atoms with Gasteiger partial charge in [0.1, 0.15) is 24.4 Å². The van der Waals surface area contributed by atoms with Crippen molar-refractivity contribution >= 4 is 0 Å². The van der Waals surface area contributed by atoms with E-state index in [9.17, 15) is 25.5 Å². The fourth-order valence-corrected chi connectivity index (χ4v) is 3.81. The summed E-state index contributed by atoms with van der Waals surface area (Å²) in [4.78, 5) is 0. The summed E-state index contributed by atoms with van der Waals surface area (Å²) in [5.74, 6) is 0. The van der Waals surface area contributed by atoms with Gasteiger partial charge in [-0.1, -0.05) is 83.3 Å². The van der Waals surface area contributed by atoms with E-state index in [1.807, 2.05) is 6.08 Å². The van der Waals surface area contributed by atoms with Gasteiger partial charge in [-0.3, -0.25) is 0 Å². The van der Waals surface area contributed by atoms with Gasteiger partial charge in [0, 0.05) is 0 Å². The zero-order chi connectivity index (χ0) is 23.8. The van der Waals surface area contributed by atoms with Crippen molar-refractivity contribution in [3.8, 4) is 0 Å². The molecule has 1 heterocycles. The number of ether oxygens (including phenoxy) is 2. The third-order valence-corrected chi connectivity index (χ3v) is 6.05. The van der Waals surface area contributed by atoms with Crippen molar-refractivity contribution in [2.45, 2.75) is 127 Å². The average Bonchev–Trinajstić information content (AvgIpc) is 2.79. The van der Waals surface area contributed by atoms with E-state index in [1.54, 1.807) is 6.08 Å². The van der Waals surface area contributed by atoms with Gasteiger partial charge in [0.15, 0.2) is 6.29 Å². The van der Waals surface area contributed by atoms with E-state index in [1.165, 1.54) is 64.2 Å². The van der Waals surface area contributed by atoms with Crippen LogP contribution in [0, 0.1) is 0 Å². The van der Waals surface area contributed by atoms with Crippen molar-refractivity contribution in [1.82, 2.24) is 0 Å². The Bertz CT molecular complexity index is 477. The number of nitrogens with two attached hydrogens (primary N) is 1. The van der Waals surface area contributed by atoms with Crippen LogP contribution in [0.2, 0.25) is 0 Å². The molecular weight excluding hydrogens is 414 g/mol. The Morgan fingerprint density at radius 3 is 2.00 bits per heavy atom. The molecule has 7 N–H and O–H groups in total. The molecule has 32 heavy (non-hydrogen) atoms. The fourth-order valence-electron chi connectivity index (χ4n) is 3.81. The van der Waals surface area contributed by atoms with Gasteiger partial charge in [-0.25, -0.2) is 0 Å². The fraction of sp³-hybridized carbons (Fsp3) is 0.917. The van der Waals surface area contributed by atoms with Crippen LogP contribution in [-0.4, -0.2) is 81.6 Å². The molecule has 0 aromatic carbocycles. The van der Waals surface area contributed by atoms with Crippen molar-refractivity contribution in [3.63, 3.8) is 0 Å². The summed E-state index contributed by atoms with van der Waals surface area (Å²) >= 11 is 0. The van der Waals surface area contributed by atoms with Crippen LogP contribution in [0.15, 0.2) is 12.2 Å². The summed E-state index contributed by atoms with van der Waals surface area (Å²) in [6, 6.07) is -0.740. The first-order valence-electron chi connectivity index (χ1n) is 12.4. The zero-order valence-corrected chi connectivity index (χ0v) is 19.7. The van der Waals surface area contributed by atoms with E-state index in [-0.39, 0.29) is 6.61 Å². The summed E-state index contributed by atoms with van der Waals surface area (Å²) in [5.41, 5.74) is 5.93. The molecule has 0 saturated carbocycles. The second kappa shape index (κ2) is 17.8. The second-order valence-electron chi connectivity index (χ2n) is 8.94. The molecule has 0 bridgehead atoms. The lowest BCUT2D eigenvalue weighted by atomic mass is 9.99. The lowest BCUT2D eigenvalue weighted by Gasteiger charge is -2.39. The molecule has 8 nitrogen and oxygen atoms in total. The Balaban J connectivity index is 2.10. The van der Waals surface area contributed by atoms with Crippen LogP contribution in [0.25, 0.3) is 0 Å². The molecule has 0 aromatic rings. The van der Waals surface area contributed by atoms with Gasteiger partial charge < -0.3 is 40.7 Å². The molecule has 190 valence electrons. The minimum absolute atomic E-state index is 0.118. The lowest BCUT2D eigenvalue weighted by molar-refractivity contribution is -0.302. The van der Waals surface area contributed by atoms with Crippen molar-refractivity contribution < 1.29 is 35.0 Å². The van der Waals surface area contributed by atoms with Gasteiger partial charge in [-0.15, -0.1) is 0 Å². The topological polar surface area (TPSA) is 146 Å². The van der Waals surface area contributed by atoms with Gasteiger partial charge in [-0.2, -0.15) is 0 Å². The lowest BCUT2D eigenvalue weighted by Crippen LogP contribution is -2.59. The minimum atomic E-state index is -1.50. The predicted molar refractivity (Wildman–Crippen MR) is 124 cm³/mol. The van der Waals surface area contributed by atoms with Crippen LogP contribution in [-0.2, 0) is 9.47 Å². The van der Waals surface area contributed by atoms with Gasteiger partial charge in [0.2, 0.25) is 0 Å². The highest BCUT2D eigenvalue weighted by Crippen LogP contribution is 2.22. The minimum Gasteiger partial charge on any atom is -0.394 e. The molecule has 1 fully saturated rings. The SMILES string of the molecule is CCCCCCCCCCCCC/C=C/[C@@H](O)[C@@H](N)CO[C@H]1OC(CO)C(O)[C@H](O)C1O. The third-order valence-electron chi connectivity index (χ3n) is 6.05. The van der Waals surface area contributed by atoms with E-state index < -0.39 is 49.5 Å². The molecule has 0 aromatic heterocycles. The smallest absolute Gasteiger partial charge is 0.186 e. The zero-order valence-electron chi connectivity index (χ0n) is 19.7. The Kier molecular flexibility index (Phi) is 16.4. The van der Waals surface area contributed by atoms with Crippen LogP contribution in [0.3, 0.4) is 0 Å². The molecule has 1 rings (SSSR count). The molecule has 1 aliphatic rings. The number of allylic oxidation sites excluding steroid dienone is 1. The molecule has 0 spiro atoms. The summed E-state index contributed by atoms with van der Waals surface area (Å²) < 4.78 is 10.6. The van der Waals surface area contributed by atoms with Gasteiger partial charge in [0.25, 0.3) is 0 Å². The highest BCUT2D eigenvalue weighted by atomic mass is 16.7. The van der Waals surface area contributed by atoms with Crippen molar-refractivity contribution in [2.75, 3.05) is 13.2 Å². The summed E-state index contributed by atoms with van der Waals surface area (Å²) in [7, 11) is 0. The Morgan fingerprint density at radius 1 is 0.875 bits per heavy atom. The van der Waals surface area contributed by atoms with Crippen LogP contribution in [0.1, 0.15) is 84.0 Å². The molecule has 0 amide bonds. The molecule has 7 atom stereocenters. The van der Waals surface area contributed by atoms with E-state index in [0.29, 0.717) is 0 Å². The normalized spacial score (nSPS) is 28.3. The highest BCUT2D eigenvalue weighted by molar-refractivity contribution is 4.94. The van der Waals surface area contributed by atoms with Crippen LogP contribution >= 0.6 is 0 Å². The van der Waals surface area contributed by atoms with E-state index in [2.05, 4.69) is 6.92 Å². The quantitative estimate of drug-likeness (QED) is 0.134. The molecular formula is C24H47NO7. The highest BCUT2D eigenvalue weighted by Gasteiger charge is 2.44. The summed E-state index contributed by atoms with van der Waals surface area (Å²) in [5, 5.41) is 48.8. The van der Waals surface area contributed by atoms with Crippen LogP contribution in [0.5, 0.6) is 0 Å². The number of hydrogen-bond acceptors (Lipinski definition) is 8. The maximum absolute atomic E-state index is 10.2. The Labute approximate surface area is 193 Å². The standard InChI is InChI=1S/C24H47NO7/c1-2-3-4-5-6-7-8-9-10-11-12-13-14-15-19(27)18(25)17-31-24-23(30)22(29)21(28)20(16-26)32-24/h14-15,18-24,26-30H,2-13,16-17,25H2,1H3/b15-14+/t18-,19+,20?,21?,22-,23?,24-/m0/s1. The van der Waals surface area contributed by atoms with E-state index in [4.69, 9.17) is 15.2 Å². The molecule has 8 heteroatoms. The van der Waals surface area contributed by atoms with E-state index >= 15 is 0 Å². The Hall–Kier alpha value is -0.580. The maximum atomic E-state index is 10.2. The molecule has 1 aliphatic heterocycles. The molecule has 0 radical (unpaired) electrons. The monoisotopic (exact) mass is 461 g/mol. The predicted octanol–water partition coefficient (Wildman–Crippen LogP) is 1.75. The largest absolute Gasteiger partial charge is 0.394 e. The van der Waals surface area contributed by atoms with Crippen molar-refractivity contribution in [2.24, 2.45) is 5.73 Å². The van der Waals surface area contributed by atoms with Gasteiger partial charge >= 0.3 is 0 Å².